The normalized spacial score (nSPS) is 14.4. The number of anilines is 1. The Hall–Kier alpha value is -3.08. The maximum Gasteiger partial charge on any atom is 0.246 e. The van der Waals surface area contributed by atoms with Crippen molar-refractivity contribution < 1.29 is 4.79 Å². The topological polar surface area (TPSA) is 52.2 Å². The van der Waals surface area contributed by atoms with E-state index >= 15 is 0 Å². The fourth-order valence-electron chi connectivity index (χ4n) is 3.26. The first-order valence-electron chi connectivity index (χ1n) is 8.34. The number of aromatic nitrogens is 2. The van der Waals surface area contributed by atoms with Gasteiger partial charge in [0.15, 0.2) is 0 Å². The molecule has 0 radical (unpaired) electrons. The van der Waals surface area contributed by atoms with Crippen LogP contribution in [0.3, 0.4) is 0 Å². The zero-order valence-corrected chi connectivity index (χ0v) is 14.1. The fraction of sp³-hybridized carbons (Fsp3) is 0.200. The van der Waals surface area contributed by atoms with Gasteiger partial charge >= 0.3 is 0 Å². The summed E-state index contributed by atoms with van der Waals surface area (Å²) in [6.07, 6.45) is 5.26. The fourth-order valence-corrected chi connectivity index (χ4v) is 3.26. The van der Waals surface area contributed by atoms with E-state index in [0.717, 1.165) is 35.4 Å². The number of pyridine rings is 1. The number of nitrogens with zero attached hydrogens (tertiary/aromatic N) is 3. The monoisotopic (exact) mass is 332 g/mol. The quantitative estimate of drug-likeness (QED) is 0.747. The number of carbonyl (C=O) groups excluding carboxylic acids is 1. The number of fused-ring (bicyclic) bond motifs is 1. The summed E-state index contributed by atoms with van der Waals surface area (Å²) < 4.78 is 0. The third kappa shape index (κ3) is 2.67. The minimum atomic E-state index is -0.00442. The smallest absolute Gasteiger partial charge is 0.246 e. The number of H-pyrrole nitrogens is 1. The van der Waals surface area contributed by atoms with E-state index in [1.54, 1.807) is 4.90 Å². The number of hydrogen-bond acceptors (Lipinski definition) is 3. The largest absolute Gasteiger partial charge is 0.367 e. The molecular weight excluding hydrogens is 312 g/mol. The maximum atomic E-state index is 11.6. The summed E-state index contributed by atoms with van der Waals surface area (Å²) in [6, 6.07) is 12.8. The molecule has 0 atom stereocenters. The zero-order valence-electron chi connectivity index (χ0n) is 14.1. The summed E-state index contributed by atoms with van der Waals surface area (Å²) in [5, 5.41) is 1.11. The molecule has 5 nitrogen and oxygen atoms in total. The third-order valence-electron chi connectivity index (χ3n) is 4.91. The van der Waals surface area contributed by atoms with Gasteiger partial charge in [-0.15, -0.1) is 0 Å². The van der Waals surface area contributed by atoms with Crippen molar-refractivity contribution in [1.82, 2.24) is 14.9 Å². The lowest BCUT2D eigenvalue weighted by molar-refractivity contribution is -0.130. The number of carbonyl (C=O) groups is 1. The lowest BCUT2D eigenvalue weighted by Crippen LogP contribution is -2.60. The van der Waals surface area contributed by atoms with Gasteiger partial charge < -0.3 is 14.8 Å². The second-order valence-corrected chi connectivity index (χ2v) is 6.37. The Morgan fingerprint density at radius 1 is 1.36 bits per heavy atom. The maximum absolute atomic E-state index is 11.6. The number of rotatable bonds is 4. The minimum Gasteiger partial charge on any atom is -0.367 e. The highest BCUT2D eigenvalue weighted by atomic mass is 16.2. The molecule has 3 aromatic rings. The Labute approximate surface area is 146 Å². The summed E-state index contributed by atoms with van der Waals surface area (Å²) in [7, 11) is 2.05. The molecule has 1 saturated heterocycles. The van der Waals surface area contributed by atoms with Crippen LogP contribution in [0, 0.1) is 0 Å². The summed E-state index contributed by atoms with van der Waals surface area (Å²) >= 11 is 0. The van der Waals surface area contributed by atoms with Gasteiger partial charge in [-0.3, -0.25) is 4.79 Å². The molecule has 4 rings (SSSR count). The Bertz CT molecular complexity index is 925. The van der Waals surface area contributed by atoms with Crippen molar-refractivity contribution in [3.05, 3.63) is 61.4 Å². The van der Waals surface area contributed by atoms with Crippen LogP contribution >= 0.6 is 0 Å². The predicted molar refractivity (Wildman–Crippen MR) is 100 cm³/mol. The van der Waals surface area contributed by atoms with Gasteiger partial charge in [-0.25, -0.2) is 4.98 Å². The van der Waals surface area contributed by atoms with Gasteiger partial charge in [-0.2, -0.15) is 0 Å². The summed E-state index contributed by atoms with van der Waals surface area (Å²) in [5.41, 5.74) is 4.25. The van der Waals surface area contributed by atoms with Crippen molar-refractivity contribution in [3.63, 3.8) is 0 Å². The molecular formula is C20H20N4O. The molecule has 2 aromatic heterocycles. The van der Waals surface area contributed by atoms with Crippen LogP contribution in [0.25, 0.3) is 22.2 Å². The highest BCUT2D eigenvalue weighted by molar-refractivity contribution is 5.95. The number of hydrogen-bond donors (Lipinski definition) is 1. The SMILES string of the molecule is C=CC(=O)N1CC(N(C)c2cnc3[nH]cc(-c4ccccc4)c3c2)C1. The Kier molecular flexibility index (Phi) is 3.76. The van der Waals surface area contributed by atoms with Crippen LogP contribution in [0.1, 0.15) is 0 Å². The summed E-state index contributed by atoms with van der Waals surface area (Å²) in [4.78, 5) is 23.4. The second-order valence-electron chi connectivity index (χ2n) is 6.37. The molecule has 1 aliphatic rings. The molecule has 0 unspecified atom stereocenters. The van der Waals surface area contributed by atoms with Gasteiger partial charge in [-0.05, 0) is 17.7 Å². The van der Waals surface area contributed by atoms with E-state index in [9.17, 15) is 4.79 Å². The van der Waals surface area contributed by atoms with Gasteiger partial charge in [0, 0.05) is 37.3 Å². The molecule has 25 heavy (non-hydrogen) atoms. The molecule has 3 heterocycles. The molecule has 1 aliphatic heterocycles. The molecule has 0 aliphatic carbocycles. The molecule has 0 spiro atoms. The first-order valence-corrected chi connectivity index (χ1v) is 8.34. The zero-order chi connectivity index (χ0) is 17.4. The lowest BCUT2D eigenvalue weighted by atomic mass is 10.0. The molecule has 0 bridgehead atoms. The van der Waals surface area contributed by atoms with Gasteiger partial charge in [0.05, 0.1) is 17.9 Å². The number of amides is 1. The Morgan fingerprint density at radius 3 is 2.84 bits per heavy atom. The highest BCUT2D eigenvalue weighted by Gasteiger charge is 2.32. The van der Waals surface area contributed by atoms with Gasteiger partial charge in [0.1, 0.15) is 5.65 Å². The van der Waals surface area contributed by atoms with E-state index in [4.69, 9.17) is 0 Å². The van der Waals surface area contributed by atoms with Crippen molar-refractivity contribution in [1.29, 1.82) is 0 Å². The van der Waals surface area contributed by atoms with E-state index < -0.39 is 0 Å². The molecule has 1 N–H and O–H groups in total. The molecule has 5 heteroatoms. The number of likely N-dealkylation sites (N-methyl/N-ethyl adjacent to an activating group) is 1. The van der Waals surface area contributed by atoms with E-state index in [1.165, 1.54) is 11.6 Å². The average molecular weight is 332 g/mol. The van der Waals surface area contributed by atoms with Crippen LogP contribution in [0.4, 0.5) is 5.69 Å². The first-order chi connectivity index (χ1) is 12.2. The van der Waals surface area contributed by atoms with Gasteiger partial charge in [0.2, 0.25) is 5.91 Å². The van der Waals surface area contributed by atoms with Crippen molar-refractivity contribution in [2.24, 2.45) is 0 Å². The summed E-state index contributed by atoms with van der Waals surface area (Å²) in [6.45, 7) is 4.98. The average Bonchev–Trinajstić information content (AvgIpc) is 3.04. The van der Waals surface area contributed by atoms with Crippen LogP contribution < -0.4 is 4.90 Å². The van der Waals surface area contributed by atoms with Crippen LogP contribution in [0.15, 0.2) is 61.4 Å². The van der Waals surface area contributed by atoms with Crippen LogP contribution in [0.5, 0.6) is 0 Å². The second kappa shape index (κ2) is 6.09. The summed E-state index contributed by atoms with van der Waals surface area (Å²) in [5.74, 6) is -0.00442. The molecule has 1 aromatic carbocycles. The standard InChI is InChI=1S/C20H20N4O/c1-3-19(25)24-12-16(13-24)23(2)15-9-17-18(11-22-20(17)21-10-15)14-7-5-4-6-8-14/h3-11,16H,1,12-13H2,2H3,(H,21,22). The van der Waals surface area contributed by atoms with Crippen molar-refractivity contribution >= 4 is 22.6 Å². The molecule has 1 fully saturated rings. The lowest BCUT2D eigenvalue weighted by Gasteiger charge is -2.44. The number of nitrogens with one attached hydrogen (secondary N) is 1. The molecule has 1 amide bonds. The van der Waals surface area contributed by atoms with Crippen LogP contribution in [0.2, 0.25) is 0 Å². The van der Waals surface area contributed by atoms with Crippen molar-refractivity contribution in [2.45, 2.75) is 6.04 Å². The first kappa shape index (κ1) is 15.4. The van der Waals surface area contributed by atoms with Crippen LogP contribution in [-0.4, -0.2) is 47.0 Å². The molecule has 126 valence electrons. The van der Waals surface area contributed by atoms with E-state index in [0.29, 0.717) is 6.04 Å². The van der Waals surface area contributed by atoms with Crippen molar-refractivity contribution in [3.8, 4) is 11.1 Å². The number of benzene rings is 1. The highest BCUT2D eigenvalue weighted by Crippen LogP contribution is 2.31. The number of aromatic amines is 1. The molecule has 0 saturated carbocycles. The van der Waals surface area contributed by atoms with E-state index in [1.807, 2.05) is 30.6 Å². The third-order valence-corrected chi connectivity index (χ3v) is 4.91. The minimum absolute atomic E-state index is 0.00442. The van der Waals surface area contributed by atoms with Crippen molar-refractivity contribution in [2.75, 3.05) is 25.0 Å². The van der Waals surface area contributed by atoms with E-state index in [2.05, 4.69) is 46.7 Å². The number of likely N-dealkylation sites (tertiary alicyclic amines) is 1. The van der Waals surface area contributed by atoms with Gasteiger partial charge in [-0.1, -0.05) is 36.9 Å². The Balaban J connectivity index is 1.61. The Morgan fingerprint density at radius 2 is 2.12 bits per heavy atom. The van der Waals surface area contributed by atoms with E-state index in [-0.39, 0.29) is 5.91 Å². The van der Waals surface area contributed by atoms with Gasteiger partial charge in [0.25, 0.3) is 0 Å². The predicted octanol–water partition coefficient (Wildman–Crippen LogP) is 3.06. The van der Waals surface area contributed by atoms with Crippen LogP contribution in [-0.2, 0) is 4.79 Å².